The van der Waals surface area contributed by atoms with Gasteiger partial charge in [-0.2, -0.15) is 0 Å². The van der Waals surface area contributed by atoms with Crippen LogP contribution in [-0.2, 0) is 9.53 Å². The van der Waals surface area contributed by atoms with E-state index in [4.69, 9.17) is 9.47 Å². The first-order chi connectivity index (χ1) is 12.1. The van der Waals surface area contributed by atoms with E-state index in [-0.39, 0.29) is 18.6 Å². The number of hydrogen-bond donors (Lipinski definition) is 3. The molecule has 8 heteroatoms. The van der Waals surface area contributed by atoms with Crippen LogP contribution in [0.25, 0.3) is 0 Å². The van der Waals surface area contributed by atoms with Crippen LogP contribution in [0.3, 0.4) is 0 Å². The number of rotatable bonds is 10. The van der Waals surface area contributed by atoms with Crippen LogP contribution in [0.4, 0.5) is 0 Å². The number of benzene rings is 1. The Morgan fingerprint density at radius 1 is 1.28 bits per heavy atom. The van der Waals surface area contributed by atoms with Crippen LogP contribution in [0, 0.1) is 0 Å². The van der Waals surface area contributed by atoms with E-state index in [1.165, 1.54) is 0 Å². The van der Waals surface area contributed by atoms with E-state index < -0.39 is 0 Å². The molecule has 0 aliphatic heterocycles. The third-order valence-corrected chi connectivity index (χ3v) is 3.73. The van der Waals surface area contributed by atoms with E-state index >= 15 is 0 Å². The van der Waals surface area contributed by atoms with Gasteiger partial charge in [-0.3, -0.25) is 4.79 Å². The number of carbonyl (C=O) groups excluding carboxylic acids is 1. The summed E-state index contributed by atoms with van der Waals surface area (Å²) in [7, 11) is 1.59. The second-order valence-corrected chi connectivity index (χ2v) is 6.13. The summed E-state index contributed by atoms with van der Waals surface area (Å²) in [5.41, 5.74) is 0. The molecule has 0 fully saturated rings. The van der Waals surface area contributed by atoms with Crippen molar-refractivity contribution in [3.63, 3.8) is 0 Å². The van der Waals surface area contributed by atoms with Gasteiger partial charge >= 0.3 is 0 Å². The molecule has 1 aromatic rings. The average molecular weight is 415 g/mol. The van der Waals surface area contributed by atoms with Crippen LogP contribution in [0.2, 0.25) is 0 Å². The molecule has 0 heterocycles. The lowest BCUT2D eigenvalue weighted by Gasteiger charge is -2.18. The van der Waals surface area contributed by atoms with Crippen molar-refractivity contribution in [2.45, 2.75) is 20.0 Å². The molecular weight excluding hydrogens is 388 g/mol. The van der Waals surface area contributed by atoms with Gasteiger partial charge in [0.2, 0.25) is 5.91 Å². The quantitative estimate of drug-likeness (QED) is 0.307. The summed E-state index contributed by atoms with van der Waals surface area (Å²) >= 11 is 3.46. The Morgan fingerprint density at radius 2 is 2.04 bits per heavy atom. The minimum Gasteiger partial charge on any atom is -0.488 e. The number of ether oxygens (including phenoxy) is 2. The molecule has 0 aliphatic carbocycles. The highest BCUT2D eigenvalue weighted by Crippen LogP contribution is 2.24. The van der Waals surface area contributed by atoms with Crippen molar-refractivity contribution in [1.29, 1.82) is 0 Å². The van der Waals surface area contributed by atoms with E-state index in [9.17, 15) is 4.79 Å². The standard InChI is InChI=1S/C17H27BrN4O3/c1-4-19-17(22-12-16(23)20-9-10-24-3)21-11-13(2)25-15-8-6-5-7-14(15)18/h5-8,13H,4,9-12H2,1-3H3,(H,20,23)(H2,19,21,22). The molecule has 140 valence electrons. The highest BCUT2D eigenvalue weighted by Gasteiger charge is 2.08. The molecule has 0 aromatic heterocycles. The normalized spacial score (nSPS) is 12.4. The van der Waals surface area contributed by atoms with Crippen LogP contribution in [-0.4, -0.2) is 57.9 Å². The Labute approximate surface area is 157 Å². The number of halogens is 1. The summed E-state index contributed by atoms with van der Waals surface area (Å²) in [6.07, 6.45) is -0.0712. The highest BCUT2D eigenvalue weighted by molar-refractivity contribution is 9.10. The molecule has 1 unspecified atom stereocenters. The SMILES string of the molecule is CCNC(=NCC(=O)NCCOC)NCC(C)Oc1ccccc1Br. The first-order valence-corrected chi connectivity index (χ1v) is 9.05. The van der Waals surface area contributed by atoms with Crippen molar-refractivity contribution >= 4 is 27.8 Å². The van der Waals surface area contributed by atoms with Gasteiger partial charge in [0.15, 0.2) is 5.96 Å². The zero-order valence-electron chi connectivity index (χ0n) is 15.0. The fraction of sp³-hybridized carbons (Fsp3) is 0.529. The Kier molecular flexibility index (Phi) is 10.7. The van der Waals surface area contributed by atoms with Crippen LogP contribution in [0.5, 0.6) is 5.75 Å². The Morgan fingerprint density at radius 3 is 2.72 bits per heavy atom. The van der Waals surface area contributed by atoms with Gasteiger partial charge in [-0.25, -0.2) is 4.99 Å². The molecule has 1 amide bonds. The molecular formula is C17H27BrN4O3. The summed E-state index contributed by atoms with van der Waals surface area (Å²) < 4.78 is 11.7. The second-order valence-electron chi connectivity index (χ2n) is 5.28. The lowest BCUT2D eigenvalue weighted by atomic mass is 10.3. The van der Waals surface area contributed by atoms with Crippen LogP contribution in [0.1, 0.15) is 13.8 Å². The van der Waals surface area contributed by atoms with Gasteiger partial charge in [-0.15, -0.1) is 0 Å². The third kappa shape index (κ3) is 9.31. The number of para-hydroxylation sites is 1. The van der Waals surface area contributed by atoms with Gasteiger partial charge in [0.25, 0.3) is 0 Å². The molecule has 0 saturated heterocycles. The van der Waals surface area contributed by atoms with Crippen LogP contribution >= 0.6 is 15.9 Å². The molecule has 0 aliphatic rings. The number of guanidine groups is 1. The van der Waals surface area contributed by atoms with Crippen molar-refractivity contribution in [3.8, 4) is 5.75 Å². The number of carbonyl (C=O) groups is 1. The summed E-state index contributed by atoms with van der Waals surface area (Å²) in [6, 6.07) is 7.70. The first-order valence-electron chi connectivity index (χ1n) is 8.25. The Balaban J connectivity index is 2.44. The molecule has 0 saturated carbocycles. The largest absolute Gasteiger partial charge is 0.488 e. The predicted octanol–water partition coefficient (Wildman–Crippen LogP) is 1.53. The van der Waals surface area contributed by atoms with Gasteiger partial charge in [-0.1, -0.05) is 12.1 Å². The van der Waals surface area contributed by atoms with E-state index in [2.05, 4.69) is 36.9 Å². The molecule has 7 nitrogen and oxygen atoms in total. The molecule has 3 N–H and O–H groups in total. The number of amides is 1. The predicted molar refractivity (Wildman–Crippen MR) is 103 cm³/mol. The topological polar surface area (TPSA) is 84.0 Å². The highest BCUT2D eigenvalue weighted by atomic mass is 79.9. The third-order valence-electron chi connectivity index (χ3n) is 3.08. The molecule has 1 aromatic carbocycles. The van der Waals surface area contributed by atoms with Crippen LogP contribution in [0.15, 0.2) is 33.7 Å². The zero-order chi connectivity index (χ0) is 18.5. The molecule has 0 bridgehead atoms. The second kappa shape index (κ2) is 12.5. The smallest absolute Gasteiger partial charge is 0.241 e. The van der Waals surface area contributed by atoms with Crippen molar-refractivity contribution in [1.82, 2.24) is 16.0 Å². The summed E-state index contributed by atoms with van der Waals surface area (Å²) in [6.45, 7) is 6.21. The fourth-order valence-corrected chi connectivity index (χ4v) is 2.26. The average Bonchev–Trinajstić information content (AvgIpc) is 2.59. The van der Waals surface area contributed by atoms with E-state index in [0.717, 1.165) is 10.2 Å². The fourth-order valence-electron chi connectivity index (χ4n) is 1.88. The van der Waals surface area contributed by atoms with Crippen LogP contribution < -0.4 is 20.7 Å². The molecule has 1 atom stereocenters. The summed E-state index contributed by atoms with van der Waals surface area (Å²) in [5.74, 6) is 1.22. The van der Waals surface area contributed by atoms with Crippen molar-refractivity contribution in [2.24, 2.45) is 4.99 Å². The van der Waals surface area contributed by atoms with Gasteiger partial charge in [0.05, 0.1) is 17.6 Å². The van der Waals surface area contributed by atoms with Gasteiger partial charge in [-0.05, 0) is 41.9 Å². The minimum atomic E-state index is -0.147. The number of aliphatic imine (C=N–C) groups is 1. The summed E-state index contributed by atoms with van der Waals surface area (Å²) in [4.78, 5) is 15.9. The number of nitrogens with one attached hydrogen (secondary N) is 3. The maximum absolute atomic E-state index is 11.7. The Bertz CT molecular complexity index is 554. The monoisotopic (exact) mass is 414 g/mol. The minimum absolute atomic E-state index is 0.0541. The van der Waals surface area contributed by atoms with E-state index in [1.54, 1.807) is 7.11 Å². The van der Waals surface area contributed by atoms with Gasteiger partial charge < -0.3 is 25.4 Å². The summed E-state index contributed by atoms with van der Waals surface area (Å²) in [5, 5.41) is 9.01. The van der Waals surface area contributed by atoms with E-state index in [0.29, 0.717) is 32.2 Å². The maximum Gasteiger partial charge on any atom is 0.241 e. The molecule has 1 rings (SSSR count). The number of hydrogen-bond acceptors (Lipinski definition) is 4. The van der Waals surface area contributed by atoms with Gasteiger partial charge in [0, 0.05) is 20.2 Å². The lowest BCUT2D eigenvalue weighted by Crippen LogP contribution is -2.42. The number of methoxy groups -OCH3 is 1. The molecule has 25 heavy (non-hydrogen) atoms. The maximum atomic E-state index is 11.7. The molecule has 0 radical (unpaired) electrons. The molecule has 0 spiro atoms. The van der Waals surface area contributed by atoms with Gasteiger partial charge in [0.1, 0.15) is 18.4 Å². The zero-order valence-corrected chi connectivity index (χ0v) is 16.6. The lowest BCUT2D eigenvalue weighted by molar-refractivity contribution is -0.119. The van der Waals surface area contributed by atoms with E-state index in [1.807, 2.05) is 38.1 Å². The first kappa shape index (κ1) is 21.2. The number of nitrogens with zero attached hydrogens (tertiary/aromatic N) is 1. The Hall–Kier alpha value is -1.80. The van der Waals surface area contributed by atoms with Crippen molar-refractivity contribution < 1.29 is 14.3 Å². The van der Waals surface area contributed by atoms with Crippen molar-refractivity contribution in [2.75, 3.05) is 39.9 Å². The van der Waals surface area contributed by atoms with Crippen molar-refractivity contribution in [3.05, 3.63) is 28.7 Å².